The van der Waals surface area contributed by atoms with Crippen LogP contribution in [0.4, 0.5) is 0 Å². The van der Waals surface area contributed by atoms with Gasteiger partial charge in [0.25, 0.3) is 0 Å². The molecule has 3 unspecified atom stereocenters. The molecule has 0 aliphatic rings. The molecular weight excluding hydrogens is 1230 g/mol. The van der Waals surface area contributed by atoms with Gasteiger partial charge in [-0.3, -0.25) is 37.3 Å². The van der Waals surface area contributed by atoms with Crippen LogP contribution in [-0.4, -0.2) is 96.7 Å². The van der Waals surface area contributed by atoms with Gasteiger partial charge >= 0.3 is 39.5 Å². The van der Waals surface area contributed by atoms with Crippen LogP contribution < -0.4 is 0 Å². The Balaban J connectivity index is 5.27. The molecule has 0 bridgehead atoms. The fourth-order valence-electron chi connectivity index (χ4n) is 10.9. The van der Waals surface area contributed by atoms with Gasteiger partial charge in [0, 0.05) is 25.7 Å². The molecule has 0 fully saturated rings. The highest BCUT2D eigenvalue weighted by Crippen LogP contribution is 2.45. The summed E-state index contributed by atoms with van der Waals surface area (Å²) in [6.07, 6.45) is 53.7. The molecule has 0 spiro atoms. The maximum absolute atomic E-state index is 13.1. The Bertz CT molecular complexity index is 1930. The topological polar surface area (TPSA) is 237 Å². The fourth-order valence-corrected chi connectivity index (χ4v) is 12.4. The van der Waals surface area contributed by atoms with Gasteiger partial charge in [-0.15, -0.1) is 0 Å². The Hall–Kier alpha value is -2.46. The van der Waals surface area contributed by atoms with E-state index in [4.69, 9.17) is 37.0 Å². The highest BCUT2D eigenvalue weighted by atomic mass is 31.2. The molecule has 0 aliphatic carbocycles. The summed E-state index contributed by atoms with van der Waals surface area (Å²) >= 11 is 0. The van der Waals surface area contributed by atoms with Crippen molar-refractivity contribution in [2.45, 2.75) is 375 Å². The third-order valence-electron chi connectivity index (χ3n) is 17.1. The number of ether oxygens (including phenoxy) is 4. The van der Waals surface area contributed by atoms with Crippen LogP contribution in [0, 0.1) is 17.8 Å². The summed E-state index contributed by atoms with van der Waals surface area (Å²) in [4.78, 5) is 72.7. The first-order valence-electron chi connectivity index (χ1n) is 38.2. The molecule has 0 saturated carbocycles. The molecule has 0 rings (SSSR count). The lowest BCUT2D eigenvalue weighted by atomic mass is 10.00. The zero-order valence-electron chi connectivity index (χ0n) is 60.9. The number of hydrogen-bond donors (Lipinski definition) is 3. The molecule has 6 atom stereocenters. The molecule has 17 nitrogen and oxygen atoms in total. The molecular formula is C75H142O17P2. The highest BCUT2D eigenvalue weighted by molar-refractivity contribution is 7.47. The maximum atomic E-state index is 13.1. The molecule has 94 heavy (non-hydrogen) atoms. The Kier molecular flexibility index (Phi) is 63.5. The second-order valence-corrected chi connectivity index (χ2v) is 30.5. The summed E-state index contributed by atoms with van der Waals surface area (Å²) in [6, 6.07) is 0. The lowest BCUT2D eigenvalue weighted by Crippen LogP contribution is -2.30. The molecule has 3 N–H and O–H groups in total. The zero-order valence-corrected chi connectivity index (χ0v) is 62.7. The summed E-state index contributed by atoms with van der Waals surface area (Å²) in [6.45, 7) is 11.8. The van der Waals surface area contributed by atoms with Crippen molar-refractivity contribution in [3.63, 3.8) is 0 Å². The minimum Gasteiger partial charge on any atom is -0.462 e. The SMILES string of the molecule is CCCCCC/C=C\C=C/CCCCCCCC(=O)O[C@H](COC(=O)CCCCCCCCCCCCCCCCCC(C)C)COP(=O)(O)OC[C@@H](O)COP(=O)(O)OC[C@@H](COC(=O)CCCCCCCCC(C)CC)OC(=O)CCCCCCCCCCC(C)C. The number of hydrogen-bond acceptors (Lipinski definition) is 15. The molecule has 0 aromatic heterocycles. The van der Waals surface area contributed by atoms with Gasteiger partial charge in [0.1, 0.15) is 19.3 Å². The van der Waals surface area contributed by atoms with Crippen molar-refractivity contribution in [1.29, 1.82) is 0 Å². The first-order valence-corrected chi connectivity index (χ1v) is 41.2. The third-order valence-corrected chi connectivity index (χ3v) is 19.0. The summed E-state index contributed by atoms with van der Waals surface area (Å²) in [5, 5.41) is 10.6. The monoisotopic (exact) mass is 1380 g/mol. The number of phosphoric acid groups is 2. The standard InChI is InChI=1S/C75H142O17P2/c1-8-10-11-12-13-14-15-16-18-23-26-29-35-44-51-58-74(79)91-70(62-85-72(77)56-49-42-34-28-25-22-20-17-19-21-24-27-32-39-46-53-66(3)4)64-89-93(81,82)87-60-69(76)61-88-94(83,84)90-65-71(63-86-73(78)57-50-43-38-37-41-48-55-68(7)9-2)92-75(80)59-52-45-36-31-30-33-40-47-54-67(5)6/h14-16,18,66-71,76H,8-13,17,19-65H2,1-7H3,(H,81,82)(H,83,84)/b15-14-,18-16-/t68?,69-,70-,71-/m1/s1. The van der Waals surface area contributed by atoms with Gasteiger partial charge in [-0.05, 0) is 69.1 Å². The number of unbranched alkanes of at least 4 members (excludes halogenated alkanes) is 35. The van der Waals surface area contributed by atoms with E-state index < -0.39 is 97.5 Å². The van der Waals surface area contributed by atoms with Crippen LogP contribution in [0.5, 0.6) is 0 Å². The number of rotatable bonds is 71. The summed E-state index contributed by atoms with van der Waals surface area (Å²) in [5.74, 6) is 0.0971. The van der Waals surface area contributed by atoms with Gasteiger partial charge in [0.05, 0.1) is 26.4 Å². The molecule has 554 valence electrons. The van der Waals surface area contributed by atoms with Crippen molar-refractivity contribution >= 4 is 39.5 Å². The zero-order chi connectivity index (χ0) is 69.4. The van der Waals surface area contributed by atoms with E-state index in [1.165, 1.54) is 148 Å². The molecule has 0 aromatic rings. The minimum atomic E-state index is -4.97. The summed E-state index contributed by atoms with van der Waals surface area (Å²) < 4.78 is 68.4. The van der Waals surface area contributed by atoms with E-state index in [-0.39, 0.29) is 25.7 Å². The molecule has 0 heterocycles. The lowest BCUT2D eigenvalue weighted by Gasteiger charge is -2.21. The molecule has 0 aliphatic heterocycles. The van der Waals surface area contributed by atoms with Gasteiger partial charge in [-0.2, -0.15) is 0 Å². The van der Waals surface area contributed by atoms with Crippen molar-refractivity contribution in [3.05, 3.63) is 24.3 Å². The van der Waals surface area contributed by atoms with Crippen molar-refractivity contribution in [2.75, 3.05) is 39.6 Å². The van der Waals surface area contributed by atoms with Gasteiger partial charge in [-0.25, -0.2) is 9.13 Å². The smallest absolute Gasteiger partial charge is 0.462 e. The maximum Gasteiger partial charge on any atom is 0.472 e. The molecule has 0 aromatic carbocycles. The molecule has 0 radical (unpaired) electrons. The molecule has 0 saturated heterocycles. The lowest BCUT2D eigenvalue weighted by molar-refractivity contribution is -0.161. The van der Waals surface area contributed by atoms with Crippen LogP contribution >= 0.6 is 15.6 Å². The largest absolute Gasteiger partial charge is 0.472 e. The van der Waals surface area contributed by atoms with Crippen LogP contribution in [-0.2, 0) is 65.4 Å². The van der Waals surface area contributed by atoms with Crippen LogP contribution in [0.3, 0.4) is 0 Å². The Morgan fingerprint density at radius 1 is 0.351 bits per heavy atom. The number of phosphoric ester groups is 2. The third kappa shape index (κ3) is 66.8. The van der Waals surface area contributed by atoms with E-state index >= 15 is 0 Å². The van der Waals surface area contributed by atoms with Crippen LogP contribution in [0.2, 0.25) is 0 Å². The average Bonchev–Trinajstić information content (AvgIpc) is 1.89. The normalized spacial score (nSPS) is 14.6. The second-order valence-electron chi connectivity index (χ2n) is 27.5. The molecule has 0 amide bonds. The van der Waals surface area contributed by atoms with Gasteiger partial charge < -0.3 is 33.8 Å². The van der Waals surface area contributed by atoms with Crippen LogP contribution in [0.25, 0.3) is 0 Å². The van der Waals surface area contributed by atoms with Crippen LogP contribution in [0.1, 0.15) is 357 Å². The predicted molar refractivity (Wildman–Crippen MR) is 381 cm³/mol. The van der Waals surface area contributed by atoms with Crippen molar-refractivity contribution in [2.24, 2.45) is 17.8 Å². The minimum absolute atomic E-state index is 0.0848. The first kappa shape index (κ1) is 91.5. The van der Waals surface area contributed by atoms with Crippen LogP contribution in [0.15, 0.2) is 24.3 Å². The predicted octanol–water partition coefficient (Wildman–Crippen LogP) is 21.3. The quantitative estimate of drug-likeness (QED) is 0.0169. The van der Waals surface area contributed by atoms with Gasteiger partial charge in [0.2, 0.25) is 0 Å². The number of allylic oxidation sites excluding steroid dienone is 4. The molecule has 19 heteroatoms. The van der Waals surface area contributed by atoms with Crippen molar-refractivity contribution in [1.82, 2.24) is 0 Å². The summed E-state index contributed by atoms with van der Waals surface area (Å²) in [7, 11) is -9.92. The summed E-state index contributed by atoms with van der Waals surface area (Å²) in [5.41, 5.74) is 0. The number of aliphatic hydroxyl groups is 1. The van der Waals surface area contributed by atoms with E-state index in [9.17, 15) is 43.2 Å². The average molecular weight is 1380 g/mol. The first-order chi connectivity index (χ1) is 45.3. The van der Waals surface area contributed by atoms with E-state index in [1.54, 1.807) is 0 Å². The van der Waals surface area contributed by atoms with Crippen molar-refractivity contribution < 1.29 is 80.2 Å². The highest BCUT2D eigenvalue weighted by Gasteiger charge is 2.30. The second kappa shape index (κ2) is 65.2. The van der Waals surface area contributed by atoms with E-state index in [2.05, 4.69) is 72.8 Å². The van der Waals surface area contributed by atoms with Gasteiger partial charge in [-0.1, -0.05) is 304 Å². The van der Waals surface area contributed by atoms with Gasteiger partial charge in [0.15, 0.2) is 12.2 Å². The number of carbonyl (C=O) groups excluding carboxylic acids is 4. The Morgan fingerprint density at radius 3 is 0.947 bits per heavy atom. The number of carbonyl (C=O) groups is 4. The number of aliphatic hydroxyl groups excluding tert-OH is 1. The Morgan fingerprint density at radius 2 is 0.628 bits per heavy atom. The van der Waals surface area contributed by atoms with Crippen molar-refractivity contribution in [3.8, 4) is 0 Å². The number of esters is 4. The van der Waals surface area contributed by atoms with E-state index in [1.807, 2.05) is 0 Å². The van der Waals surface area contributed by atoms with E-state index in [0.29, 0.717) is 31.6 Å². The van der Waals surface area contributed by atoms with E-state index in [0.717, 1.165) is 121 Å². The Labute approximate surface area is 573 Å². The fraction of sp³-hybridized carbons (Fsp3) is 0.893.